The molecule has 0 saturated carbocycles. The number of benzene rings is 1. The predicted octanol–water partition coefficient (Wildman–Crippen LogP) is 3.26. The lowest BCUT2D eigenvalue weighted by Crippen LogP contribution is -2.27. The Morgan fingerprint density at radius 3 is 2.37 bits per heavy atom. The van der Waals surface area contributed by atoms with Crippen molar-refractivity contribution in [2.24, 2.45) is 0 Å². The van der Waals surface area contributed by atoms with Gasteiger partial charge in [-0.3, -0.25) is 4.79 Å². The van der Waals surface area contributed by atoms with E-state index in [1.54, 1.807) is 14.2 Å². The molecule has 0 unspecified atom stereocenters. The first-order valence-corrected chi connectivity index (χ1v) is 6.62. The molecule has 0 saturated heterocycles. The summed E-state index contributed by atoms with van der Waals surface area (Å²) in [7, 11) is 3.24. The number of nitrogens with zero attached hydrogens (tertiary/aromatic N) is 2. The molecule has 1 rings (SSSR count). The third-order valence-corrected chi connectivity index (χ3v) is 4.47. The Bertz CT molecular complexity index is 562. The quantitative estimate of drug-likeness (QED) is 0.857. The van der Waals surface area contributed by atoms with Gasteiger partial charge in [-0.15, -0.1) is 0 Å². The largest absolute Gasteiger partial charge is 0.494 e. The Morgan fingerprint density at radius 2 is 1.89 bits per heavy atom. The van der Waals surface area contributed by atoms with Crippen molar-refractivity contribution in [3.05, 3.63) is 21.2 Å². The zero-order valence-electron chi connectivity index (χ0n) is 11.8. The summed E-state index contributed by atoms with van der Waals surface area (Å²) < 4.78 is 6.40. The van der Waals surface area contributed by atoms with Gasteiger partial charge in [-0.1, -0.05) is 15.9 Å². The number of nitriles is 1. The van der Waals surface area contributed by atoms with Gasteiger partial charge in [0.25, 0.3) is 0 Å². The molecule has 1 aromatic carbocycles. The van der Waals surface area contributed by atoms with Gasteiger partial charge in [0.05, 0.1) is 18.9 Å². The van der Waals surface area contributed by atoms with Crippen molar-refractivity contribution in [1.82, 2.24) is 0 Å². The van der Waals surface area contributed by atoms with Gasteiger partial charge in [-0.25, -0.2) is 0 Å². The van der Waals surface area contributed by atoms with Gasteiger partial charge >= 0.3 is 0 Å². The Balaban J connectivity index is 3.51. The molecule has 4 nitrogen and oxygen atoms in total. The molecule has 0 aliphatic rings. The van der Waals surface area contributed by atoms with Crippen LogP contribution in [0.1, 0.15) is 23.1 Å². The number of hydrogen-bond donors (Lipinski definition) is 0. The van der Waals surface area contributed by atoms with Crippen LogP contribution in [0.15, 0.2) is 4.47 Å². The molecule has 0 aliphatic carbocycles. The minimum absolute atomic E-state index is 0.149. The molecule has 1 amide bonds. The maximum Gasteiger partial charge on any atom is 0.241 e. The fourth-order valence-electron chi connectivity index (χ4n) is 2.03. The zero-order chi connectivity index (χ0) is 14.7. The molecule has 0 atom stereocenters. The van der Waals surface area contributed by atoms with Gasteiger partial charge < -0.3 is 9.64 Å². The summed E-state index contributed by atoms with van der Waals surface area (Å²) in [6.45, 7) is 5.87. The monoisotopic (exact) mass is 324 g/mol. The van der Waals surface area contributed by atoms with E-state index in [1.165, 1.54) is 4.90 Å². The number of amides is 1. The summed E-state index contributed by atoms with van der Waals surface area (Å²) in [6.07, 6.45) is -0.149. The van der Waals surface area contributed by atoms with Gasteiger partial charge in [0, 0.05) is 11.5 Å². The van der Waals surface area contributed by atoms with Crippen LogP contribution < -0.4 is 9.64 Å². The van der Waals surface area contributed by atoms with Crippen molar-refractivity contribution in [3.8, 4) is 11.8 Å². The number of methoxy groups -OCH3 is 1. The molecule has 0 aliphatic heterocycles. The summed E-state index contributed by atoms with van der Waals surface area (Å²) in [6, 6.07) is 1.87. The standard InChI is InChI=1S/C14H17BrN2O2/c1-8-9(2)14(19-5)13(10(3)12(8)15)17(4)11(18)6-7-16/h6H2,1-5H3. The van der Waals surface area contributed by atoms with Crippen LogP contribution >= 0.6 is 15.9 Å². The van der Waals surface area contributed by atoms with E-state index in [0.29, 0.717) is 11.4 Å². The van der Waals surface area contributed by atoms with Crippen LogP contribution in [0.5, 0.6) is 5.75 Å². The fourth-order valence-corrected chi connectivity index (χ4v) is 2.52. The Labute approximate surface area is 122 Å². The molecule has 0 heterocycles. The molecule has 1 aromatic rings. The number of ether oxygens (including phenoxy) is 1. The predicted molar refractivity (Wildman–Crippen MR) is 78.5 cm³/mol. The third kappa shape index (κ3) is 2.74. The second-order valence-electron chi connectivity index (χ2n) is 4.36. The molecular weight excluding hydrogens is 308 g/mol. The number of carbonyl (C=O) groups is 1. The highest BCUT2D eigenvalue weighted by atomic mass is 79.9. The van der Waals surface area contributed by atoms with Crippen molar-refractivity contribution < 1.29 is 9.53 Å². The first-order valence-electron chi connectivity index (χ1n) is 5.83. The number of anilines is 1. The lowest BCUT2D eigenvalue weighted by Gasteiger charge is -2.25. The average Bonchev–Trinajstić information content (AvgIpc) is 2.39. The Morgan fingerprint density at radius 1 is 1.32 bits per heavy atom. The summed E-state index contributed by atoms with van der Waals surface area (Å²) in [4.78, 5) is 13.4. The van der Waals surface area contributed by atoms with E-state index in [9.17, 15) is 4.79 Å². The van der Waals surface area contributed by atoms with Crippen LogP contribution in [0.4, 0.5) is 5.69 Å². The molecule has 0 N–H and O–H groups in total. The summed E-state index contributed by atoms with van der Waals surface area (Å²) in [5.41, 5.74) is 3.69. The molecule has 0 fully saturated rings. The Kier molecular flexibility index (Phi) is 4.96. The van der Waals surface area contributed by atoms with Crippen LogP contribution in [-0.4, -0.2) is 20.1 Å². The van der Waals surface area contributed by atoms with Crippen LogP contribution in [-0.2, 0) is 4.79 Å². The van der Waals surface area contributed by atoms with Crippen LogP contribution in [0.2, 0.25) is 0 Å². The van der Waals surface area contributed by atoms with Gasteiger partial charge in [0.2, 0.25) is 5.91 Å². The second kappa shape index (κ2) is 6.07. The van der Waals surface area contributed by atoms with Crippen molar-refractivity contribution in [1.29, 1.82) is 5.26 Å². The highest BCUT2D eigenvalue weighted by molar-refractivity contribution is 9.10. The molecule has 5 heteroatoms. The molecule has 0 radical (unpaired) electrons. The average molecular weight is 325 g/mol. The lowest BCUT2D eigenvalue weighted by molar-refractivity contribution is -0.117. The highest BCUT2D eigenvalue weighted by Crippen LogP contribution is 2.41. The highest BCUT2D eigenvalue weighted by Gasteiger charge is 2.22. The fraction of sp³-hybridized carbons (Fsp3) is 0.429. The smallest absolute Gasteiger partial charge is 0.241 e. The molecule has 0 bridgehead atoms. The number of rotatable bonds is 3. The SMILES string of the molecule is COc1c(C)c(C)c(Br)c(C)c1N(C)C(=O)CC#N. The molecule has 102 valence electrons. The summed E-state index contributed by atoms with van der Waals surface area (Å²) in [5, 5.41) is 8.64. The van der Waals surface area contributed by atoms with Crippen molar-refractivity contribution >= 4 is 27.5 Å². The maximum atomic E-state index is 11.9. The first-order chi connectivity index (χ1) is 8.86. The van der Waals surface area contributed by atoms with Crippen molar-refractivity contribution in [3.63, 3.8) is 0 Å². The van der Waals surface area contributed by atoms with E-state index in [4.69, 9.17) is 10.00 Å². The minimum atomic E-state index is -0.251. The molecule has 0 aromatic heterocycles. The second-order valence-corrected chi connectivity index (χ2v) is 5.15. The molecule has 0 spiro atoms. The maximum absolute atomic E-state index is 11.9. The van der Waals surface area contributed by atoms with Gasteiger partial charge in [-0.05, 0) is 37.5 Å². The van der Waals surface area contributed by atoms with Crippen molar-refractivity contribution in [2.45, 2.75) is 27.2 Å². The van der Waals surface area contributed by atoms with E-state index in [0.717, 1.165) is 21.2 Å². The van der Waals surface area contributed by atoms with Crippen molar-refractivity contribution in [2.75, 3.05) is 19.1 Å². The molecular formula is C14H17BrN2O2. The van der Waals surface area contributed by atoms with Crippen LogP contribution in [0, 0.1) is 32.1 Å². The summed E-state index contributed by atoms with van der Waals surface area (Å²) >= 11 is 3.54. The number of hydrogen-bond acceptors (Lipinski definition) is 3. The van der Waals surface area contributed by atoms with Crippen LogP contribution in [0.25, 0.3) is 0 Å². The normalized spacial score (nSPS) is 9.95. The van der Waals surface area contributed by atoms with E-state index in [-0.39, 0.29) is 12.3 Å². The zero-order valence-corrected chi connectivity index (χ0v) is 13.4. The number of halogens is 1. The van der Waals surface area contributed by atoms with E-state index >= 15 is 0 Å². The summed E-state index contributed by atoms with van der Waals surface area (Å²) in [5.74, 6) is 0.422. The van der Waals surface area contributed by atoms with Gasteiger partial charge in [0.15, 0.2) is 0 Å². The van der Waals surface area contributed by atoms with E-state index < -0.39 is 0 Å². The first kappa shape index (κ1) is 15.5. The van der Waals surface area contributed by atoms with Gasteiger partial charge in [-0.2, -0.15) is 5.26 Å². The third-order valence-electron chi connectivity index (χ3n) is 3.28. The topological polar surface area (TPSA) is 53.3 Å². The Hall–Kier alpha value is -1.54. The van der Waals surface area contributed by atoms with E-state index in [2.05, 4.69) is 15.9 Å². The van der Waals surface area contributed by atoms with Gasteiger partial charge in [0.1, 0.15) is 12.2 Å². The van der Waals surface area contributed by atoms with E-state index in [1.807, 2.05) is 26.8 Å². The number of carbonyl (C=O) groups excluding carboxylic acids is 1. The molecule has 19 heavy (non-hydrogen) atoms. The lowest BCUT2D eigenvalue weighted by atomic mass is 10.0. The van der Waals surface area contributed by atoms with Crippen LogP contribution in [0.3, 0.4) is 0 Å². The minimum Gasteiger partial charge on any atom is -0.494 e.